The summed E-state index contributed by atoms with van der Waals surface area (Å²) in [6.07, 6.45) is 9.97. The van der Waals surface area contributed by atoms with Gasteiger partial charge in [0.05, 0.1) is 6.04 Å². The van der Waals surface area contributed by atoms with Crippen LogP contribution in [0.2, 0.25) is 0 Å². The topological polar surface area (TPSA) is 55.9 Å². The van der Waals surface area contributed by atoms with Crippen LogP contribution in [0.25, 0.3) is 0 Å². The van der Waals surface area contributed by atoms with Crippen LogP contribution in [0.3, 0.4) is 0 Å². The number of rotatable bonds is 8. The fraction of sp³-hybridized carbons (Fsp3) is 0.750. The molecule has 4 heteroatoms. The van der Waals surface area contributed by atoms with E-state index in [1.165, 1.54) is 25.7 Å². The van der Waals surface area contributed by atoms with Crippen molar-refractivity contribution in [3.63, 3.8) is 0 Å². The van der Waals surface area contributed by atoms with E-state index in [1.807, 2.05) is 12.4 Å². The Balaban J connectivity index is 2.47. The minimum Gasteiger partial charge on any atom is -0.334 e. The molecule has 0 fully saturated rings. The van der Waals surface area contributed by atoms with Crippen molar-refractivity contribution in [3.05, 3.63) is 18.2 Å². The predicted octanol–water partition coefficient (Wildman–Crippen LogP) is 2.38. The SMILES string of the molecule is CCCCCCC(NN)c1nccn1CC. The lowest BCUT2D eigenvalue weighted by atomic mass is 10.1. The van der Waals surface area contributed by atoms with Gasteiger partial charge in [0.15, 0.2) is 0 Å². The van der Waals surface area contributed by atoms with Crippen LogP contribution >= 0.6 is 0 Å². The van der Waals surface area contributed by atoms with Gasteiger partial charge >= 0.3 is 0 Å². The Morgan fingerprint density at radius 3 is 2.81 bits per heavy atom. The first-order valence-electron chi connectivity index (χ1n) is 6.30. The largest absolute Gasteiger partial charge is 0.334 e. The van der Waals surface area contributed by atoms with Gasteiger partial charge in [0.25, 0.3) is 0 Å². The molecule has 0 radical (unpaired) electrons. The molecule has 92 valence electrons. The molecule has 0 aliphatic rings. The Morgan fingerprint density at radius 2 is 2.19 bits per heavy atom. The Kier molecular flexibility index (Phi) is 6.11. The molecule has 1 aromatic rings. The number of aromatic nitrogens is 2. The molecule has 0 bridgehead atoms. The van der Waals surface area contributed by atoms with Crippen LogP contribution in [-0.2, 0) is 6.54 Å². The van der Waals surface area contributed by atoms with Crippen molar-refractivity contribution in [3.8, 4) is 0 Å². The molecule has 1 atom stereocenters. The zero-order valence-electron chi connectivity index (χ0n) is 10.4. The van der Waals surface area contributed by atoms with Crippen molar-refractivity contribution < 1.29 is 0 Å². The molecule has 0 aromatic carbocycles. The highest BCUT2D eigenvalue weighted by Crippen LogP contribution is 2.17. The van der Waals surface area contributed by atoms with Crippen LogP contribution in [-0.4, -0.2) is 9.55 Å². The molecule has 1 unspecified atom stereocenters. The third-order valence-electron chi connectivity index (χ3n) is 2.95. The summed E-state index contributed by atoms with van der Waals surface area (Å²) in [5.74, 6) is 6.66. The molecule has 0 amide bonds. The minimum atomic E-state index is 0.187. The number of nitrogens with zero attached hydrogens (tertiary/aromatic N) is 2. The Hall–Kier alpha value is -0.870. The minimum absolute atomic E-state index is 0.187. The Morgan fingerprint density at radius 1 is 1.38 bits per heavy atom. The number of hydrogen-bond donors (Lipinski definition) is 2. The first-order valence-corrected chi connectivity index (χ1v) is 6.30. The fourth-order valence-corrected chi connectivity index (χ4v) is 1.96. The number of hydrogen-bond acceptors (Lipinski definition) is 3. The summed E-state index contributed by atoms with van der Waals surface area (Å²) in [7, 11) is 0. The molecule has 0 aliphatic carbocycles. The lowest BCUT2D eigenvalue weighted by molar-refractivity contribution is 0.446. The maximum atomic E-state index is 5.60. The Bertz CT molecular complexity index is 282. The molecule has 0 saturated heterocycles. The number of unbranched alkanes of at least 4 members (excludes halogenated alkanes) is 3. The summed E-state index contributed by atoms with van der Waals surface area (Å²) in [4.78, 5) is 4.38. The van der Waals surface area contributed by atoms with E-state index in [-0.39, 0.29) is 6.04 Å². The van der Waals surface area contributed by atoms with Gasteiger partial charge in [-0.05, 0) is 13.3 Å². The van der Waals surface area contributed by atoms with Gasteiger partial charge in [-0.1, -0.05) is 32.6 Å². The monoisotopic (exact) mass is 224 g/mol. The van der Waals surface area contributed by atoms with Gasteiger partial charge in [-0.3, -0.25) is 5.84 Å². The number of hydrazine groups is 1. The molecular formula is C12H24N4. The third kappa shape index (κ3) is 3.61. The van der Waals surface area contributed by atoms with E-state index in [9.17, 15) is 0 Å². The van der Waals surface area contributed by atoms with Crippen molar-refractivity contribution in [2.75, 3.05) is 0 Å². The number of imidazole rings is 1. The van der Waals surface area contributed by atoms with Crippen molar-refractivity contribution >= 4 is 0 Å². The summed E-state index contributed by atoms with van der Waals surface area (Å²) in [5.41, 5.74) is 2.87. The van der Waals surface area contributed by atoms with Crippen molar-refractivity contribution in [1.82, 2.24) is 15.0 Å². The van der Waals surface area contributed by atoms with Crippen molar-refractivity contribution in [2.24, 2.45) is 5.84 Å². The lowest BCUT2D eigenvalue weighted by Gasteiger charge is -2.16. The lowest BCUT2D eigenvalue weighted by Crippen LogP contribution is -2.30. The van der Waals surface area contributed by atoms with E-state index < -0.39 is 0 Å². The highest BCUT2D eigenvalue weighted by atomic mass is 15.3. The predicted molar refractivity (Wildman–Crippen MR) is 66.7 cm³/mol. The van der Waals surface area contributed by atoms with Crippen molar-refractivity contribution in [2.45, 2.75) is 58.5 Å². The quantitative estimate of drug-likeness (QED) is 0.405. The molecular weight excluding hydrogens is 200 g/mol. The normalized spacial score (nSPS) is 12.9. The van der Waals surface area contributed by atoms with E-state index >= 15 is 0 Å². The van der Waals surface area contributed by atoms with Crippen LogP contribution in [0.5, 0.6) is 0 Å². The summed E-state index contributed by atoms with van der Waals surface area (Å²) < 4.78 is 2.14. The smallest absolute Gasteiger partial charge is 0.127 e. The highest BCUT2D eigenvalue weighted by Gasteiger charge is 2.14. The molecule has 1 aromatic heterocycles. The van der Waals surface area contributed by atoms with Crippen LogP contribution in [0.15, 0.2) is 12.4 Å². The molecule has 4 nitrogen and oxygen atoms in total. The zero-order chi connectivity index (χ0) is 11.8. The van der Waals surface area contributed by atoms with Gasteiger partial charge in [0, 0.05) is 18.9 Å². The van der Waals surface area contributed by atoms with Gasteiger partial charge in [0.1, 0.15) is 5.82 Å². The number of nitrogens with two attached hydrogens (primary N) is 1. The van der Waals surface area contributed by atoms with E-state index in [0.29, 0.717) is 0 Å². The van der Waals surface area contributed by atoms with E-state index in [0.717, 1.165) is 18.8 Å². The van der Waals surface area contributed by atoms with Gasteiger partial charge in [0.2, 0.25) is 0 Å². The maximum absolute atomic E-state index is 5.60. The van der Waals surface area contributed by atoms with E-state index in [2.05, 4.69) is 28.8 Å². The molecule has 3 N–H and O–H groups in total. The van der Waals surface area contributed by atoms with Gasteiger partial charge in [-0.2, -0.15) is 0 Å². The van der Waals surface area contributed by atoms with Crippen LogP contribution in [0, 0.1) is 0 Å². The molecule has 16 heavy (non-hydrogen) atoms. The first kappa shape index (κ1) is 13.2. The standard InChI is InChI=1S/C12H24N4/c1-3-5-6-7-8-11(15-13)12-14-9-10-16(12)4-2/h9-11,15H,3-8,13H2,1-2H3. The molecule has 0 saturated carbocycles. The second-order valence-corrected chi connectivity index (χ2v) is 4.14. The summed E-state index contributed by atoms with van der Waals surface area (Å²) in [6, 6.07) is 0.187. The van der Waals surface area contributed by atoms with Gasteiger partial charge in [-0.25, -0.2) is 10.4 Å². The average molecular weight is 224 g/mol. The average Bonchev–Trinajstić information content (AvgIpc) is 2.77. The third-order valence-corrected chi connectivity index (χ3v) is 2.95. The van der Waals surface area contributed by atoms with Crippen LogP contribution < -0.4 is 11.3 Å². The summed E-state index contributed by atoms with van der Waals surface area (Å²) in [5, 5.41) is 0. The van der Waals surface area contributed by atoms with Crippen molar-refractivity contribution in [1.29, 1.82) is 0 Å². The highest BCUT2D eigenvalue weighted by molar-refractivity contribution is 4.98. The van der Waals surface area contributed by atoms with Gasteiger partial charge < -0.3 is 4.57 Å². The molecule has 1 rings (SSSR count). The van der Waals surface area contributed by atoms with Crippen LogP contribution in [0.1, 0.15) is 57.8 Å². The second-order valence-electron chi connectivity index (χ2n) is 4.14. The molecule has 0 spiro atoms. The van der Waals surface area contributed by atoms with E-state index in [1.54, 1.807) is 0 Å². The first-order chi connectivity index (χ1) is 7.83. The van der Waals surface area contributed by atoms with Crippen LogP contribution in [0.4, 0.5) is 0 Å². The van der Waals surface area contributed by atoms with Gasteiger partial charge in [-0.15, -0.1) is 0 Å². The molecule has 0 aliphatic heterocycles. The Labute approximate surface area is 98.2 Å². The number of nitrogens with one attached hydrogen (secondary N) is 1. The summed E-state index contributed by atoms with van der Waals surface area (Å²) in [6.45, 7) is 5.29. The number of aryl methyl sites for hydroxylation is 1. The molecule has 1 heterocycles. The zero-order valence-corrected chi connectivity index (χ0v) is 10.4. The maximum Gasteiger partial charge on any atom is 0.127 e. The fourth-order valence-electron chi connectivity index (χ4n) is 1.96. The van der Waals surface area contributed by atoms with E-state index in [4.69, 9.17) is 5.84 Å². The summed E-state index contributed by atoms with van der Waals surface area (Å²) >= 11 is 0. The second kappa shape index (κ2) is 7.41.